The van der Waals surface area contributed by atoms with E-state index in [0.29, 0.717) is 17.2 Å². The molecule has 3 nitrogen and oxygen atoms in total. The van der Waals surface area contributed by atoms with Crippen LogP contribution in [0.3, 0.4) is 0 Å². The highest BCUT2D eigenvalue weighted by molar-refractivity contribution is 6.32. The summed E-state index contributed by atoms with van der Waals surface area (Å²) in [5.74, 6) is -0.545. The molecule has 4 heteroatoms. The summed E-state index contributed by atoms with van der Waals surface area (Å²) < 4.78 is 5.32. The minimum atomic E-state index is -0.961. The summed E-state index contributed by atoms with van der Waals surface area (Å²) in [6.07, 6.45) is 0.400. The average molecular weight is 229 g/mol. The van der Waals surface area contributed by atoms with Gasteiger partial charge in [0.2, 0.25) is 0 Å². The molecule has 82 valence electrons. The molecule has 1 rings (SSSR count). The van der Waals surface area contributed by atoms with Gasteiger partial charge in [0.15, 0.2) is 6.10 Å². The summed E-state index contributed by atoms with van der Waals surface area (Å²) in [4.78, 5) is 10.8. The maximum Gasteiger partial charge on any atom is 0.344 e. The number of benzene rings is 1. The maximum atomic E-state index is 10.8. The second-order valence-electron chi connectivity index (χ2n) is 3.16. The Hall–Kier alpha value is -1.22. The minimum Gasteiger partial charge on any atom is -0.479 e. The van der Waals surface area contributed by atoms with Crippen molar-refractivity contribution in [2.24, 2.45) is 0 Å². The zero-order valence-electron chi connectivity index (χ0n) is 8.44. The van der Waals surface area contributed by atoms with E-state index in [1.807, 2.05) is 6.92 Å². The van der Waals surface area contributed by atoms with Crippen LogP contribution in [0.2, 0.25) is 5.02 Å². The van der Waals surface area contributed by atoms with Crippen LogP contribution in [0.15, 0.2) is 24.3 Å². The Kier molecular flexibility index (Phi) is 4.43. The number of halogens is 1. The second-order valence-corrected chi connectivity index (χ2v) is 3.57. The van der Waals surface area contributed by atoms with Crippen molar-refractivity contribution in [3.8, 4) is 5.75 Å². The van der Waals surface area contributed by atoms with Gasteiger partial charge < -0.3 is 9.84 Å². The summed E-state index contributed by atoms with van der Waals surface area (Å²) in [5, 5.41) is 9.32. The van der Waals surface area contributed by atoms with Crippen molar-refractivity contribution in [3.63, 3.8) is 0 Å². The minimum absolute atomic E-state index is 0.417. The molecule has 0 unspecified atom stereocenters. The average Bonchev–Trinajstić information content (AvgIpc) is 2.20. The standard InChI is InChI=1S/C11H13ClO3/c1-2-5-10(11(13)14)15-9-7-4-3-6-8(9)12/h3-4,6-7,10H,2,5H2,1H3,(H,13,14)/t10-/m1/s1. The Balaban J connectivity index is 2.74. The first-order valence-electron chi connectivity index (χ1n) is 4.79. The lowest BCUT2D eigenvalue weighted by Crippen LogP contribution is -2.26. The number of carbonyl (C=O) groups is 1. The summed E-state index contributed by atoms with van der Waals surface area (Å²) in [6.45, 7) is 1.91. The van der Waals surface area contributed by atoms with Crippen molar-refractivity contribution in [2.75, 3.05) is 0 Å². The number of rotatable bonds is 5. The molecule has 0 aliphatic heterocycles. The van der Waals surface area contributed by atoms with Gasteiger partial charge in [-0.25, -0.2) is 4.79 Å². The molecular formula is C11H13ClO3. The molecule has 1 N–H and O–H groups in total. The monoisotopic (exact) mass is 228 g/mol. The van der Waals surface area contributed by atoms with Gasteiger partial charge >= 0.3 is 5.97 Å². The zero-order valence-corrected chi connectivity index (χ0v) is 9.20. The van der Waals surface area contributed by atoms with Crippen LogP contribution in [0.5, 0.6) is 5.75 Å². The van der Waals surface area contributed by atoms with E-state index in [2.05, 4.69) is 0 Å². The first-order valence-corrected chi connectivity index (χ1v) is 5.17. The Morgan fingerprint density at radius 1 is 1.53 bits per heavy atom. The van der Waals surface area contributed by atoms with Gasteiger partial charge in [-0.1, -0.05) is 37.1 Å². The fourth-order valence-corrected chi connectivity index (χ4v) is 1.37. The molecule has 0 aliphatic rings. The van der Waals surface area contributed by atoms with Crippen LogP contribution in [0.4, 0.5) is 0 Å². The fourth-order valence-electron chi connectivity index (χ4n) is 1.19. The van der Waals surface area contributed by atoms with Crippen molar-refractivity contribution < 1.29 is 14.6 Å². The Bertz CT molecular complexity index is 338. The third-order valence-electron chi connectivity index (χ3n) is 1.93. The molecule has 0 amide bonds. The highest BCUT2D eigenvalue weighted by Gasteiger charge is 2.18. The van der Waals surface area contributed by atoms with Gasteiger partial charge in [0.25, 0.3) is 0 Å². The lowest BCUT2D eigenvalue weighted by atomic mass is 10.2. The maximum absolute atomic E-state index is 10.8. The van der Waals surface area contributed by atoms with Crippen molar-refractivity contribution in [1.82, 2.24) is 0 Å². The molecule has 0 aromatic heterocycles. The Morgan fingerprint density at radius 3 is 2.73 bits per heavy atom. The molecule has 15 heavy (non-hydrogen) atoms. The van der Waals surface area contributed by atoms with Gasteiger partial charge in [-0.15, -0.1) is 0 Å². The number of para-hydroxylation sites is 1. The van der Waals surface area contributed by atoms with Gasteiger partial charge in [-0.3, -0.25) is 0 Å². The highest BCUT2D eigenvalue weighted by Crippen LogP contribution is 2.25. The number of carboxylic acid groups (broad SMARTS) is 1. The van der Waals surface area contributed by atoms with Gasteiger partial charge in [0, 0.05) is 0 Å². The lowest BCUT2D eigenvalue weighted by molar-refractivity contribution is -0.145. The number of hydrogen-bond acceptors (Lipinski definition) is 2. The third kappa shape index (κ3) is 3.44. The highest BCUT2D eigenvalue weighted by atomic mass is 35.5. The summed E-state index contributed by atoms with van der Waals surface area (Å²) in [5.41, 5.74) is 0. The van der Waals surface area contributed by atoms with E-state index in [-0.39, 0.29) is 0 Å². The van der Waals surface area contributed by atoms with E-state index >= 15 is 0 Å². The van der Waals surface area contributed by atoms with Crippen molar-refractivity contribution >= 4 is 17.6 Å². The lowest BCUT2D eigenvalue weighted by Gasteiger charge is -2.14. The predicted molar refractivity (Wildman–Crippen MR) is 58.4 cm³/mol. The van der Waals surface area contributed by atoms with Crippen molar-refractivity contribution in [2.45, 2.75) is 25.9 Å². The van der Waals surface area contributed by atoms with Crippen LogP contribution in [0, 0.1) is 0 Å². The van der Waals surface area contributed by atoms with E-state index in [4.69, 9.17) is 21.4 Å². The quantitative estimate of drug-likeness (QED) is 0.843. The molecule has 1 aromatic carbocycles. The number of ether oxygens (including phenoxy) is 1. The van der Waals surface area contributed by atoms with E-state index < -0.39 is 12.1 Å². The number of carboxylic acids is 1. The first-order chi connectivity index (χ1) is 7.15. The van der Waals surface area contributed by atoms with Gasteiger partial charge in [-0.2, -0.15) is 0 Å². The van der Waals surface area contributed by atoms with Crippen LogP contribution in [0.1, 0.15) is 19.8 Å². The van der Waals surface area contributed by atoms with Crippen LogP contribution >= 0.6 is 11.6 Å². The number of hydrogen-bond donors (Lipinski definition) is 1. The van der Waals surface area contributed by atoms with Gasteiger partial charge in [0.05, 0.1) is 5.02 Å². The molecule has 0 bridgehead atoms. The molecule has 0 heterocycles. The Labute approximate surface area is 93.6 Å². The summed E-state index contributed by atoms with van der Waals surface area (Å²) >= 11 is 5.86. The molecule has 0 saturated carbocycles. The Morgan fingerprint density at radius 2 is 2.20 bits per heavy atom. The normalized spacial score (nSPS) is 12.1. The van der Waals surface area contributed by atoms with Crippen LogP contribution in [0.25, 0.3) is 0 Å². The molecule has 0 aliphatic carbocycles. The van der Waals surface area contributed by atoms with Gasteiger partial charge in [-0.05, 0) is 18.6 Å². The third-order valence-corrected chi connectivity index (χ3v) is 2.24. The van der Waals surface area contributed by atoms with Crippen LogP contribution in [-0.4, -0.2) is 17.2 Å². The van der Waals surface area contributed by atoms with Crippen molar-refractivity contribution in [1.29, 1.82) is 0 Å². The molecule has 1 aromatic rings. The predicted octanol–water partition coefficient (Wildman–Crippen LogP) is 2.97. The van der Waals surface area contributed by atoms with Crippen LogP contribution < -0.4 is 4.74 Å². The summed E-state index contributed by atoms with van der Waals surface area (Å²) in [6, 6.07) is 6.85. The molecule has 0 spiro atoms. The number of aliphatic carboxylic acids is 1. The topological polar surface area (TPSA) is 46.5 Å². The van der Waals surface area contributed by atoms with E-state index in [0.717, 1.165) is 6.42 Å². The first kappa shape index (κ1) is 11.9. The van der Waals surface area contributed by atoms with Gasteiger partial charge in [0.1, 0.15) is 5.75 Å². The van der Waals surface area contributed by atoms with E-state index in [1.165, 1.54) is 0 Å². The fraction of sp³-hybridized carbons (Fsp3) is 0.364. The molecule has 0 radical (unpaired) electrons. The largest absolute Gasteiger partial charge is 0.479 e. The molecule has 0 saturated heterocycles. The molecule has 1 atom stereocenters. The van der Waals surface area contributed by atoms with E-state index in [1.54, 1.807) is 24.3 Å². The summed E-state index contributed by atoms with van der Waals surface area (Å²) in [7, 11) is 0. The SMILES string of the molecule is CCC[C@@H](Oc1ccccc1Cl)C(=O)O. The van der Waals surface area contributed by atoms with E-state index in [9.17, 15) is 4.79 Å². The zero-order chi connectivity index (χ0) is 11.3. The smallest absolute Gasteiger partial charge is 0.344 e. The molecular weight excluding hydrogens is 216 g/mol. The second kappa shape index (κ2) is 5.61. The van der Waals surface area contributed by atoms with Crippen LogP contribution in [-0.2, 0) is 4.79 Å². The van der Waals surface area contributed by atoms with Crippen molar-refractivity contribution in [3.05, 3.63) is 29.3 Å². The molecule has 0 fully saturated rings.